The van der Waals surface area contributed by atoms with Crippen LogP contribution >= 0.6 is 11.3 Å². The molecule has 1 saturated heterocycles. The lowest BCUT2D eigenvalue weighted by Crippen LogP contribution is -2.42. The zero-order valence-corrected chi connectivity index (χ0v) is 23.1. The Hall–Kier alpha value is -2.82. The number of aryl methyl sites for hydroxylation is 2. The summed E-state index contributed by atoms with van der Waals surface area (Å²) in [4.78, 5) is 30.5. The number of amides is 1. The molecule has 1 amide bonds. The van der Waals surface area contributed by atoms with E-state index in [-0.39, 0.29) is 23.9 Å². The number of benzene rings is 2. The lowest BCUT2D eigenvalue weighted by molar-refractivity contribution is -0.141. The fraction of sp³-hybridized carbons (Fsp3) is 0.444. The highest BCUT2D eigenvalue weighted by Crippen LogP contribution is 2.25. The summed E-state index contributed by atoms with van der Waals surface area (Å²) in [5.41, 5.74) is 2.99. The summed E-state index contributed by atoms with van der Waals surface area (Å²) in [6, 6.07) is 12.8. The minimum Gasteiger partial charge on any atom is -0.468 e. The van der Waals surface area contributed by atoms with Crippen LogP contribution in [0.1, 0.15) is 43.7 Å². The lowest BCUT2D eigenvalue weighted by Gasteiger charge is -2.30. The Bertz CT molecular complexity index is 1460. The molecule has 0 spiro atoms. The second-order valence-electron chi connectivity index (χ2n) is 9.42. The van der Waals surface area contributed by atoms with Crippen LogP contribution in [0.5, 0.6) is 0 Å². The topological polar surface area (TPSA) is 98.0 Å². The van der Waals surface area contributed by atoms with Gasteiger partial charge in [0, 0.05) is 13.1 Å². The van der Waals surface area contributed by atoms with E-state index in [2.05, 4.69) is 18.0 Å². The summed E-state index contributed by atoms with van der Waals surface area (Å²) in [7, 11) is -2.38. The Labute approximate surface area is 221 Å². The number of unbranched alkanes of at least 4 members (excludes halogenated alkanes) is 1. The number of methoxy groups -OCH3 is 1. The van der Waals surface area contributed by atoms with Crippen LogP contribution in [0.15, 0.2) is 52.4 Å². The van der Waals surface area contributed by atoms with Crippen molar-refractivity contribution >= 4 is 43.5 Å². The Kier molecular flexibility index (Phi) is 8.61. The first-order valence-electron chi connectivity index (χ1n) is 12.6. The van der Waals surface area contributed by atoms with E-state index in [4.69, 9.17) is 4.74 Å². The molecule has 2 aromatic carbocycles. The fourth-order valence-corrected chi connectivity index (χ4v) is 7.12. The number of hydrogen-bond donors (Lipinski definition) is 0. The predicted octanol–water partition coefficient (Wildman–Crippen LogP) is 4.06. The van der Waals surface area contributed by atoms with Crippen LogP contribution < -0.4 is 4.80 Å². The van der Waals surface area contributed by atoms with Crippen molar-refractivity contribution in [2.45, 2.75) is 57.4 Å². The van der Waals surface area contributed by atoms with E-state index in [9.17, 15) is 18.0 Å². The minimum absolute atomic E-state index is 0.0600. The number of esters is 1. The number of fused-ring (bicyclic) bond motifs is 1. The molecule has 0 bridgehead atoms. The second kappa shape index (κ2) is 11.7. The van der Waals surface area contributed by atoms with Crippen LogP contribution in [0, 0.1) is 12.8 Å². The van der Waals surface area contributed by atoms with Crippen molar-refractivity contribution in [2.75, 3.05) is 20.2 Å². The van der Waals surface area contributed by atoms with E-state index in [1.165, 1.54) is 28.3 Å². The van der Waals surface area contributed by atoms with Gasteiger partial charge in [-0.2, -0.15) is 9.30 Å². The maximum Gasteiger partial charge on any atom is 0.325 e. The highest BCUT2D eigenvalue weighted by Gasteiger charge is 2.33. The number of thiazole rings is 1. The molecular weight excluding hydrogens is 510 g/mol. The van der Waals surface area contributed by atoms with Gasteiger partial charge in [0.05, 0.1) is 28.1 Å². The third-order valence-corrected chi connectivity index (χ3v) is 9.60. The molecule has 10 heteroatoms. The van der Waals surface area contributed by atoms with E-state index in [0.717, 1.165) is 35.0 Å². The summed E-state index contributed by atoms with van der Waals surface area (Å²) in [6.07, 6.45) is 4.27. The molecular formula is C27H33N3O5S2. The van der Waals surface area contributed by atoms with E-state index in [1.807, 2.05) is 19.1 Å². The predicted molar refractivity (Wildman–Crippen MR) is 144 cm³/mol. The number of hydrogen-bond acceptors (Lipinski definition) is 6. The third kappa shape index (κ3) is 6.19. The SMILES string of the molecule is CCCCc1ccc2c(c1)sc(=NC(=O)C1CCCN(S(=O)(=O)c3ccc(C)cc3)C1)n2CC(=O)OC. The average Bonchev–Trinajstić information content (AvgIpc) is 3.23. The first-order chi connectivity index (χ1) is 17.7. The molecule has 1 aromatic heterocycles. The number of aromatic nitrogens is 1. The summed E-state index contributed by atoms with van der Waals surface area (Å²) in [5, 5.41) is 0. The normalized spacial score (nSPS) is 17.3. The summed E-state index contributed by atoms with van der Waals surface area (Å²) >= 11 is 1.36. The first kappa shape index (κ1) is 27.2. The van der Waals surface area contributed by atoms with Crippen molar-refractivity contribution in [1.29, 1.82) is 0 Å². The summed E-state index contributed by atoms with van der Waals surface area (Å²) < 4.78 is 35.3. The van der Waals surface area contributed by atoms with Gasteiger partial charge in [-0.05, 0) is 62.4 Å². The number of piperidine rings is 1. The van der Waals surface area contributed by atoms with Gasteiger partial charge in [-0.25, -0.2) is 8.42 Å². The van der Waals surface area contributed by atoms with Crippen LogP contribution in [0.25, 0.3) is 10.2 Å². The number of carbonyl (C=O) groups excluding carboxylic acids is 2. The molecule has 1 fully saturated rings. The van der Waals surface area contributed by atoms with Gasteiger partial charge in [-0.1, -0.05) is 48.4 Å². The van der Waals surface area contributed by atoms with E-state index >= 15 is 0 Å². The maximum absolute atomic E-state index is 13.3. The van der Waals surface area contributed by atoms with Crippen molar-refractivity contribution in [3.05, 3.63) is 58.4 Å². The van der Waals surface area contributed by atoms with Crippen LogP contribution in [-0.4, -0.2) is 49.4 Å². The molecule has 0 aliphatic carbocycles. The van der Waals surface area contributed by atoms with Crippen LogP contribution in [0.3, 0.4) is 0 Å². The van der Waals surface area contributed by atoms with Gasteiger partial charge in [0.1, 0.15) is 6.54 Å². The van der Waals surface area contributed by atoms with Crippen LogP contribution in [-0.2, 0) is 37.3 Å². The van der Waals surface area contributed by atoms with Crippen LogP contribution in [0.2, 0.25) is 0 Å². The molecule has 3 aromatic rings. The fourth-order valence-electron chi connectivity index (χ4n) is 4.49. The molecule has 1 aliphatic heterocycles. The standard InChI is InChI=1S/C27H33N3O5S2/c1-4-5-7-20-11-14-23-24(16-20)36-27(30(23)18-25(31)35-3)28-26(32)21-8-6-15-29(17-21)37(33,34)22-12-9-19(2)10-13-22/h9-14,16,21H,4-8,15,17-18H2,1-3H3. The lowest BCUT2D eigenvalue weighted by atomic mass is 9.99. The van der Waals surface area contributed by atoms with Gasteiger partial charge in [0.2, 0.25) is 10.0 Å². The smallest absolute Gasteiger partial charge is 0.325 e. The second-order valence-corrected chi connectivity index (χ2v) is 12.4. The molecule has 0 radical (unpaired) electrons. The van der Waals surface area contributed by atoms with Gasteiger partial charge in [0.15, 0.2) is 4.80 Å². The van der Waals surface area contributed by atoms with Crippen molar-refractivity contribution < 1.29 is 22.7 Å². The van der Waals surface area contributed by atoms with E-state index in [1.54, 1.807) is 28.8 Å². The molecule has 1 unspecified atom stereocenters. The molecule has 8 nitrogen and oxygen atoms in total. The Balaban J connectivity index is 1.64. The number of sulfonamides is 1. The largest absolute Gasteiger partial charge is 0.468 e. The highest BCUT2D eigenvalue weighted by molar-refractivity contribution is 7.89. The monoisotopic (exact) mass is 543 g/mol. The Morgan fingerprint density at radius 3 is 2.62 bits per heavy atom. The molecule has 1 aliphatic rings. The van der Waals surface area contributed by atoms with E-state index < -0.39 is 21.9 Å². The molecule has 37 heavy (non-hydrogen) atoms. The summed E-state index contributed by atoms with van der Waals surface area (Å²) in [5.74, 6) is -1.36. The van der Waals surface area contributed by atoms with Gasteiger partial charge < -0.3 is 9.30 Å². The first-order valence-corrected chi connectivity index (χ1v) is 14.8. The van der Waals surface area contributed by atoms with Gasteiger partial charge in [0.25, 0.3) is 5.91 Å². The zero-order chi connectivity index (χ0) is 26.6. The van der Waals surface area contributed by atoms with Gasteiger partial charge in [-0.15, -0.1) is 0 Å². The average molecular weight is 544 g/mol. The summed E-state index contributed by atoms with van der Waals surface area (Å²) in [6.45, 7) is 4.44. The Morgan fingerprint density at radius 2 is 1.92 bits per heavy atom. The maximum atomic E-state index is 13.3. The van der Waals surface area contributed by atoms with Crippen LogP contribution in [0.4, 0.5) is 0 Å². The van der Waals surface area contributed by atoms with E-state index in [0.29, 0.717) is 24.2 Å². The number of carbonyl (C=O) groups is 2. The van der Waals surface area contributed by atoms with Gasteiger partial charge >= 0.3 is 5.97 Å². The number of rotatable bonds is 8. The zero-order valence-electron chi connectivity index (χ0n) is 21.5. The Morgan fingerprint density at radius 1 is 1.16 bits per heavy atom. The molecule has 1 atom stereocenters. The minimum atomic E-state index is -3.70. The molecule has 198 valence electrons. The quantitative estimate of drug-likeness (QED) is 0.399. The van der Waals surface area contributed by atoms with Gasteiger partial charge in [-0.3, -0.25) is 9.59 Å². The molecule has 0 saturated carbocycles. The molecule has 2 heterocycles. The third-order valence-electron chi connectivity index (χ3n) is 6.68. The van der Waals surface area contributed by atoms with Crippen molar-refractivity contribution in [3.63, 3.8) is 0 Å². The highest BCUT2D eigenvalue weighted by atomic mass is 32.2. The molecule has 4 rings (SSSR count). The van der Waals surface area contributed by atoms with Crippen molar-refractivity contribution in [3.8, 4) is 0 Å². The van der Waals surface area contributed by atoms with Crippen molar-refractivity contribution in [2.24, 2.45) is 10.9 Å². The van der Waals surface area contributed by atoms with Crippen molar-refractivity contribution in [1.82, 2.24) is 8.87 Å². The number of nitrogens with zero attached hydrogens (tertiary/aromatic N) is 3. The molecule has 0 N–H and O–H groups in total. The number of ether oxygens (including phenoxy) is 1.